The third-order valence-corrected chi connectivity index (χ3v) is 3.61. The van der Waals surface area contributed by atoms with Gasteiger partial charge >= 0.3 is 0 Å². The molecule has 96 valence electrons. The van der Waals surface area contributed by atoms with Crippen LogP contribution < -0.4 is 5.32 Å². The maximum atomic E-state index is 5.42. The Morgan fingerprint density at radius 2 is 1.79 bits per heavy atom. The fraction of sp³-hybridized carbons (Fsp3) is 0.176. The van der Waals surface area contributed by atoms with Crippen LogP contribution in [0, 0.1) is 6.92 Å². The molecule has 19 heavy (non-hydrogen) atoms. The molecule has 3 rings (SSSR count). The average Bonchev–Trinajstić information content (AvgIpc) is 2.86. The van der Waals surface area contributed by atoms with Crippen LogP contribution in [0.3, 0.4) is 0 Å². The number of aryl methyl sites for hydroxylation is 1. The van der Waals surface area contributed by atoms with Gasteiger partial charge in [0.15, 0.2) is 0 Å². The molecule has 0 saturated heterocycles. The van der Waals surface area contributed by atoms with Gasteiger partial charge in [-0.05, 0) is 42.4 Å². The highest BCUT2D eigenvalue weighted by Gasteiger charge is 2.16. The Hall–Kier alpha value is -2.06. The zero-order chi connectivity index (χ0) is 13.2. The van der Waals surface area contributed by atoms with Crippen LogP contribution in [0.4, 0.5) is 0 Å². The zero-order valence-corrected chi connectivity index (χ0v) is 11.2. The average molecular weight is 251 g/mol. The quantitative estimate of drug-likeness (QED) is 0.759. The lowest BCUT2D eigenvalue weighted by Gasteiger charge is -2.16. The van der Waals surface area contributed by atoms with E-state index in [4.69, 9.17) is 4.42 Å². The highest BCUT2D eigenvalue weighted by Crippen LogP contribution is 2.27. The van der Waals surface area contributed by atoms with Gasteiger partial charge in [0.05, 0.1) is 12.3 Å². The first-order chi connectivity index (χ1) is 9.29. The van der Waals surface area contributed by atoms with Gasteiger partial charge < -0.3 is 9.73 Å². The maximum Gasteiger partial charge on any atom is 0.105 e. The molecule has 2 nitrogen and oxygen atoms in total. The van der Waals surface area contributed by atoms with Crippen LogP contribution in [-0.4, -0.2) is 7.05 Å². The molecular weight excluding hydrogens is 234 g/mol. The first-order valence-corrected chi connectivity index (χ1v) is 6.49. The molecule has 0 aliphatic heterocycles. The number of rotatable bonds is 3. The van der Waals surface area contributed by atoms with Crippen LogP contribution in [0.2, 0.25) is 0 Å². The molecule has 1 unspecified atom stereocenters. The molecule has 0 radical (unpaired) electrons. The van der Waals surface area contributed by atoms with E-state index >= 15 is 0 Å². The summed E-state index contributed by atoms with van der Waals surface area (Å²) in [4.78, 5) is 0. The molecule has 0 fully saturated rings. The molecule has 0 saturated carbocycles. The highest BCUT2D eigenvalue weighted by atomic mass is 16.3. The number of hydrogen-bond acceptors (Lipinski definition) is 2. The minimum Gasteiger partial charge on any atom is -0.469 e. The van der Waals surface area contributed by atoms with E-state index in [2.05, 4.69) is 47.8 Å². The second kappa shape index (κ2) is 4.90. The van der Waals surface area contributed by atoms with Crippen LogP contribution in [0.25, 0.3) is 10.8 Å². The molecule has 1 aromatic heterocycles. The van der Waals surface area contributed by atoms with Gasteiger partial charge in [-0.1, -0.05) is 36.4 Å². The Morgan fingerprint density at radius 1 is 1.00 bits per heavy atom. The van der Waals surface area contributed by atoms with Crippen LogP contribution in [-0.2, 0) is 0 Å². The van der Waals surface area contributed by atoms with Crippen molar-refractivity contribution in [3.63, 3.8) is 0 Å². The van der Waals surface area contributed by atoms with Crippen molar-refractivity contribution in [2.75, 3.05) is 7.05 Å². The summed E-state index contributed by atoms with van der Waals surface area (Å²) in [6.07, 6.45) is 1.75. The monoisotopic (exact) mass is 251 g/mol. The van der Waals surface area contributed by atoms with E-state index in [1.54, 1.807) is 6.26 Å². The van der Waals surface area contributed by atoms with Gasteiger partial charge in [0.25, 0.3) is 0 Å². The van der Waals surface area contributed by atoms with Crippen molar-refractivity contribution >= 4 is 10.8 Å². The molecular formula is C17H17NO. The van der Waals surface area contributed by atoms with Gasteiger partial charge in [-0.15, -0.1) is 0 Å². The summed E-state index contributed by atoms with van der Waals surface area (Å²) in [6, 6.07) is 17.2. The third-order valence-electron chi connectivity index (χ3n) is 3.61. The van der Waals surface area contributed by atoms with Gasteiger partial charge in [-0.3, -0.25) is 0 Å². The zero-order valence-electron chi connectivity index (χ0n) is 11.2. The van der Waals surface area contributed by atoms with E-state index in [1.807, 2.05) is 20.0 Å². The molecule has 0 amide bonds. The standard InChI is InChI=1S/C17H17NO/c1-12-16(9-10-19-12)17(18-2)15-8-7-13-5-3-4-6-14(13)11-15/h3-11,17-18H,1-2H3. The lowest BCUT2D eigenvalue weighted by Crippen LogP contribution is -2.17. The summed E-state index contributed by atoms with van der Waals surface area (Å²) in [5.41, 5.74) is 2.45. The first-order valence-electron chi connectivity index (χ1n) is 6.49. The predicted molar refractivity (Wildman–Crippen MR) is 78.3 cm³/mol. The Labute approximate surface area is 113 Å². The maximum absolute atomic E-state index is 5.42. The van der Waals surface area contributed by atoms with Crippen molar-refractivity contribution in [1.82, 2.24) is 5.32 Å². The summed E-state index contributed by atoms with van der Waals surface area (Å²) >= 11 is 0. The Balaban J connectivity index is 2.09. The number of fused-ring (bicyclic) bond motifs is 1. The van der Waals surface area contributed by atoms with Crippen molar-refractivity contribution in [2.24, 2.45) is 0 Å². The SMILES string of the molecule is CNC(c1ccc2ccccc2c1)c1ccoc1C. The summed E-state index contributed by atoms with van der Waals surface area (Å²) in [5, 5.41) is 5.90. The fourth-order valence-corrected chi connectivity index (χ4v) is 2.58. The van der Waals surface area contributed by atoms with Gasteiger partial charge in [0, 0.05) is 5.56 Å². The van der Waals surface area contributed by atoms with E-state index in [9.17, 15) is 0 Å². The van der Waals surface area contributed by atoms with Gasteiger partial charge in [-0.25, -0.2) is 0 Å². The Bertz CT molecular complexity index is 699. The summed E-state index contributed by atoms with van der Waals surface area (Å²) in [7, 11) is 1.98. The van der Waals surface area contributed by atoms with Crippen LogP contribution >= 0.6 is 0 Å². The molecule has 3 aromatic rings. The minimum atomic E-state index is 0.170. The molecule has 0 spiro atoms. The van der Waals surface area contributed by atoms with Crippen LogP contribution in [0.15, 0.2) is 59.2 Å². The molecule has 0 aliphatic rings. The van der Waals surface area contributed by atoms with Crippen molar-refractivity contribution in [3.05, 3.63) is 71.7 Å². The highest BCUT2D eigenvalue weighted by molar-refractivity contribution is 5.83. The topological polar surface area (TPSA) is 25.2 Å². The lowest BCUT2D eigenvalue weighted by atomic mass is 9.97. The van der Waals surface area contributed by atoms with Gasteiger partial charge in [0.1, 0.15) is 5.76 Å². The summed E-state index contributed by atoms with van der Waals surface area (Å²) in [6.45, 7) is 2.00. The molecule has 1 atom stereocenters. The van der Waals surface area contributed by atoms with E-state index in [0.717, 1.165) is 5.76 Å². The van der Waals surface area contributed by atoms with Crippen molar-refractivity contribution < 1.29 is 4.42 Å². The summed E-state index contributed by atoms with van der Waals surface area (Å²) < 4.78 is 5.42. The fourth-order valence-electron chi connectivity index (χ4n) is 2.58. The Kier molecular flexibility index (Phi) is 3.10. The van der Waals surface area contributed by atoms with E-state index < -0.39 is 0 Å². The molecule has 0 bridgehead atoms. The lowest BCUT2D eigenvalue weighted by molar-refractivity contribution is 0.523. The normalized spacial score (nSPS) is 12.7. The number of benzene rings is 2. The van der Waals surface area contributed by atoms with Gasteiger partial charge in [-0.2, -0.15) is 0 Å². The van der Waals surface area contributed by atoms with Gasteiger partial charge in [0.2, 0.25) is 0 Å². The van der Waals surface area contributed by atoms with Crippen LogP contribution in [0.1, 0.15) is 22.9 Å². The second-order valence-electron chi connectivity index (χ2n) is 4.76. The number of hydrogen-bond donors (Lipinski definition) is 1. The van der Waals surface area contributed by atoms with Crippen LogP contribution in [0.5, 0.6) is 0 Å². The third kappa shape index (κ3) is 2.15. The van der Waals surface area contributed by atoms with Crippen molar-refractivity contribution in [2.45, 2.75) is 13.0 Å². The predicted octanol–water partition coefficient (Wildman–Crippen LogP) is 4.05. The molecule has 0 aliphatic carbocycles. The first kappa shape index (κ1) is 12.0. The van der Waals surface area contributed by atoms with Crippen molar-refractivity contribution in [1.29, 1.82) is 0 Å². The Morgan fingerprint density at radius 3 is 2.47 bits per heavy atom. The molecule has 1 heterocycles. The van der Waals surface area contributed by atoms with E-state index in [1.165, 1.54) is 21.9 Å². The number of furan rings is 1. The number of nitrogens with one attached hydrogen (secondary N) is 1. The molecule has 1 N–H and O–H groups in total. The summed E-state index contributed by atoms with van der Waals surface area (Å²) in [5.74, 6) is 0.965. The minimum absolute atomic E-state index is 0.170. The second-order valence-corrected chi connectivity index (χ2v) is 4.76. The molecule has 2 heteroatoms. The van der Waals surface area contributed by atoms with E-state index in [0.29, 0.717) is 0 Å². The molecule has 2 aromatic carbocycles. The van der Waals surface area contributed by atoms with Crippen molar-refractivity contribution in [3.8, 4) is 0 Å². The van der Waals surface area contributed by atoms with E-state index in [-0.39, 0.29) is 6.04 Å². The largest absolute Gasteiger partial charge is 0.469 e. The smallest absolute Gasteiger partial charge is 0.105 e.